The third-order valence-electron chi connectivity index (χ3n) is 7.82. The summed E-state index contributed by atoms with van der Waals surface area (Å²) < 4.78 is 59.7. The van der Waals surface area contributed by atoms with E-state index in [0.717, 1.165) is 38.4 Å². The lowest BCUT2D eigenvalue weighted by molar-refractivity contribution is -0.187. The van der Waals surface area contributed by atoms with Crippen LogP contribution in [0, 0.1) is 5.82 Å². The van der Waals surface area contributed by atoms with E-state index < -0.39 is 54.6 Å². The first kappa shape index (κ1) is 28.5. The highest BCUT2D eigenvalue weighted by Crippen LogP contribution is 2.46. The van der Waals surface area contributed by atoms with E-state index in [4.69, 9.17) is 4.74 Å². The van der Waals surface area contributed by atoms with Crippen LogP contribution in [0.1, 0.15) is 42.9 Å². The van der Waals surface area contributed by atoms with Crippen LogP contribution in [0.3, 0.4) is 0 Å². The normalized spacial score (nSPS) is 22.6. The Labute approximate surface area is 232 Å². The Bertz CT molecular complexity index is 1380. The van der Waals surface area contributed by atoms with E-state index in [-0.39, 0.29) is 23.9 Å². The first-order chi connectivity index (χ1) is 19.4. The summed E-state index contributed by atoms with van der Waals surface area (Å²) in [5.41, 5.74) is 0.106. The van der Waals surface area contributed by atoms with Crippen LogP contribution in [0.2, 0.25) is 0 Å². The number of carbonyl (C=O) groups excluding carboxylic acids is 4. The molecule has 2 aromatic carbocycles. The van der Waals surface area contributed by atoms with Crippen molar-refractivity contribution < 1.29 is 41.5 Å². The molecule has 3 atom stereocenters. The molecule has 2 aromatic rings. The quantitative estimate of drug-likeness (QED) is 0.488. The number of amides is 4. The molecule has 41 heavy (non-hydrogen) atoms. The lowest BCUT2D eigenvalue weighted by atomic mass is 9.94. The number of ether oxygens (including phenoxy) is 1. The molecule has 0 aromatic heterocycles. The van der Waals surface area contributed by atoms with Gasteiger partial charge in [-0.3, -0.25) is 14.4 Å². The van der Waals surface area contributed by atoms with Gasteiger partial charge in [0.2, 0.25) is 17.4 Å². The van der Waals surface area contributed by atoms with Gasteiger partial charge in [0.15, 0.2) is 0 Å². The third-order valence-corrected chi connectivity index (χ3v) is 7.82. The van der Waals surface area contributed by atoms with Crippen molar-refractivity contribution in [1.82, 2.24) is 15.1 Å². The van der Waals surface area contributed by atoms with E-state index in [1.807, 2.05) is 0 Å². The van der Waals surface area contributed by atoms with Crippen molar-refractivity contribution in [3.63, 3.8) is 0 Å². The second-order valence-electron chi connectivity index (χ2n) is 10.5. The fourth-order valence-electron chi connectivity index (χ4n) is 5.50. The summed E-state index contributed by atoms with van der Waals surface area (Å²) in [6.45, 7) is 0.0738. The number of rotatable bonds is 7. The minimum absolute atomic E-state index is 0.0808. The van der Waals surface area contributed by atoms with Crippen molar-refractivity contribution in [2.45, 2.75) is 63.0 Å². The largest absolute Gasteiger partial charge is 0.427 e. The standard InChI is InChI=1S/C28H28F4N4O5/c1-16(28(30,31)32)35(14-17-4-6-19(29)7-5-17)23(37)15-36-25(39)27(41-26(36)40)11-10-18-13-20(8-9-21(18)27)34-24(38)22-3-2-12-33-22/h4-9,13,16,22,33H,2-3,10-12,14-15H2,1H3,(H,34,38)/t16-,22?,27+/m0/s1. The number of halogens is 4. The van der Waals surface area contributed by atoms with E-state index in [1.165, 1.54) is 12.1 Å². The second kappa shape index (κ2) is 10.8. The summed E-state index contributed by atoms with van der Waals surface area (Å²) in [6.07, 6.45) is -3.89. The molecule has 3 aliphatic rings. The summed E-state index contributed by atoms with van der Waals surface area (Å²) in [6, 6.07) is 6.93. The molecule has 13 heteroatoms. The molecule has 5 rings (SSSR count). The zero-order chi connectivity index (χ0) is 29.5. The minimum atomic E-state index is -4.79. The van der Waals surface area contributed by atoms with Crippen molar-refractivity contribution in [3.05, 3.63) is 65.0 Å². The molecule has 4 amide bonds. The van der Waals surface area contributed by atoms with Crippen molar-refractivity contribution in [3.8, 4) is 0 Å². The number of aryl methyl sites for hydroxylation is 1. The third kappa shape index (κ3) is 5.50. The molecule has 0 bridgehead atoms. The Balaban J connectivity index is 1.33. The first-order valence-corrected chi connectivity index (χ1v) is 13.2. The smallest absolute Gasteiger partial charge is 0.418 e. The monoisotopic (exact) mass is 576 g/mol. The molecule has 9 nitrogen and oxygen atoms in total. The molecule has 218 valence electrons. The summed E-state index contributed by atoms with van der Waals surface area (Å²) in [5.74, 6) is -2.74. The average Bonchev–Trinajstić information content (AvgIpc) is 3.64. The molecule has 1 unspecified atom stereocenters. The van der Waals surface area contributed by atoms with Gasteiger partial charge in [0.05, 0.1) is 6.04 Å². The van der Waals surface area contributed by atoms with E-state index in [9.17, 15) is 36.7 Å². The molecule has 0 radical (unpaired) electrons. The molecule has 1 spiro atoms. The van der Waals surface area contributed by atoms with E-state index in [0.29, 0.717) is 33.0 Å². The number of anilines is 1. The zero-order valence-corrected chi connectivity index (χ0v) is 22.1. The molecule has 2 aliphatic heterocycles. The van der Waals surface area contributed by atoms with Crippen molar-refractivity contribution in [2.75, 3.05) is 18.4 Å². The number of hydrogen-bond donors (Lipinski definition) is 2. The van der Waals surface area contributed by atoms with Gasteiger partial charge < -0.3 is 20.3 Å². The highest BCUT2D eigenvalue weighted by atomic mass is 19.4. The predicted octanol–water partition coefficient (Wildman–Crippen LogP) is 3.62. The van der Waals surface area contributed by atoms with Crippen LogP contribution in [0.5, 0.6) is 0 Å². The van der Waals surface area contributed by atoms with Crippen LogP contribution in [-0.4, -0.2) is 65.0 Å². The summed E-state index contributed by atoms with van der Waals surface area (Å²) in [5, 5.41) is 5.95. The number of nitrogens with zero attached hydrogens (tertiary/aromatic N) is 2. The number of alkyl halides is 3. The topological polar surface area (TPSA) is 108 Å². The van der Waals surface area contributed by atoms with Crippen LogP contribution in [0.4, 0.5) is 28.0 Å². The maximum absolute atomic E-state index is 13.6. The second-order valence-corrected chi connectivity index (χ2v) is 10.5. The van der Waals surface area contributed by atoms with E-state index in [1.54, 1.807) is 18.2 Å². The van der Waals surface area contributed by atoms with Crippen LogP contribution in [0.15, 0.2) is 42.5 Å². The highest BCUT2D eigenvalue weighted by molar-refractivity contribution is 6.06. The Kier molecular flexibility index (Phi) is 7.49. The van der Waals surface area contributed by atoms with Crippen LogP contribution in [0.25, 0.3) is 0 Å². The number of imide groups is 1. The molecule has 0 saturated carbocycles. The fraction of sp³-hybridized carbons (Fsp3) is 0.429. The Morgan fingerprint density at radius 3 is 2.59 bits per heavy atom. The molecule has 2 saturated heterocycles. The van der Waals surface area contributed by atoms with Crippen molar-refractivity contribution >= 4 is 29.5 Å². The van der Waals surface area contributed by atoms with Gasteiger partial charge in [-0.15, -0.1) is 0 Å². The Morgan fingerprint density at radius 2 is 1.93 bits per heavy atom. The maximum Gasteiger partial charge on any atom is 0.418 e. The van der Waals surface area contributed by atoms with Gasteiger partial charge in [0.1, 0.15) is 18.4 Å². The number of benzene rings is 2. The number of carbonyl (C=O) groups is 4. The number of hydrogen-bond acceptors (Lipinski definition) is 6. The summed E-state index contributed by atoms with van der Waals surface area (Å²) in [4.78, 5) is 53.0. The summed E-state index contributed by atoms with van der Waals surface area (Å²) in [7, 11) is 0. The lowest BCUT2D eigenvalue weighted by Gasteiger charge is -2.31. The van der Waals surface area contributed by atoms with Gasteiger partial charge in [-0.25, -0.2) is 14.1 Å². The van der Waals surface area contributed by atoms with Gasteiger partial charge in [0, 0.05) is 24.2 Å². The Morgan fingerprint density at radius 1 is 1.20 bits per heavy atom. The van der Waals surface area contributed by atoms with Gasteiger partial charge in [0.25, 0.3) is 5.91 Å². The SMILES string of the molecule is C[C@H](N(Cc1ccc(F)cc1)C(=O)CN1C(=O)O[C@@]2(CCc3cc(NC(=O)C4CCCN4)ccc32)C1=O)C(F)(F)F. The molecular formula is C28H28F4N4O5. The minimum Gasteiger partial charge on any atom is -0.427 e. The van der Waals surface area contributed by atoms with E-state index in [2.05, 4.69) is 10.6 Å². The van der Waals surface area contributed by atoms with Gasteiger partial charge >= 0.3 is 12.3 Å². The lowest BCUT2D eigenvalue weighted by Crippen LogP contribution is -2.51. The van der Waals surface area contributed by atoms with Crippen LogP contribution in [-0.2, 0) is 37.7 Å². The van der Waals surface area contributed by atoms with Crippen molar-refractivity contribution in [1.29, 1.82) is 0 Å². The highest BCUT2D eigenvalue weighted by Gasteiger charge is 2.58. The number of fused-ring (bicyclic) bond motifs is 2. The Hall–Kier alpha value is -4.00. The predicted molar refractivity (Wildman–Crippen MR) is 137 cm³/mol. The van der Waals surface area contributed by atoms with Crippen LogP contribution < -0.4 is 10.6 Å². The van der Waals surface area contributed by atoms with E-state index >= 15 is 0 Å². The zero-order valence-electron chi connectivity index (χ0n) is 22.1. The van der Waals surface area contributed by atoms with Crippen molar-refractivity contribution in [2.24, 2.45) is 0 Å². The van der Waals surface area contributed by atoms with Gasteiger partial charge in [-0.2, -0.15) is 13.2 Å². The molecular weight excluding hydrogens is 548 g/mol. The average molecular weight is 577 g/mol. The maximum atomic E-state index is 13.6. The molecule has 1 aliphatic carbocycles. The number of nitrogens with one attached hydrogen (secondary N) is 2. The van der Waals surface area contributed by atoms with Crippen LogP contribution >= 0.6 is 0 Å². The first-order valence-electron chi connectivity index (χ1n) is 13.2. The molecule has 2 N–H and O–H groups in total. The fourth-order valence-corrected chi connectivity index (χ4v) is 5.50. The molecule has 2 fully saturated rings. The van der Waals surface area contributed by atoms with Gasteiger partial charge in [-0.1, -0.05) is 18.2 Å². The van der Waals surface area contributed by atoms with Gasteiger partial charge in [-0.05, 0) is 68.1 Å². The summed E-state index contributed by atoms with van der Waals surface area (Å²) >= 11 is 0. The molecule has 2 heterocycles.